The van der Waals surface area contributed by atoms with E-state index >= 15 is 0 Å². The van der Waals surface area contributed by atoms with Crippen LogP contribution in [0.25, 0.3) is 11.0 Å². The van der Waals surface area contributed by atoms with Crippen LogP contribution in [0.4, 0.5) is 5.82 Å². The number of nitriles is 1. The Morgan fingerprint density at radius 1 is 1.48 bits per heavy atom. The maximum atomic E-state index is 8.92. The molecule has 0 aliphatic heterocycles. The highest BCUT2D eigenvalue weighted by Crippen LogP contribution is 2.34. The second-order valence-electron chi connectivity index (χ2n) is 5.63. The lowest BCUT2D eigenvalue weighted by atomic mass is 10.1. The van der Waals surface area contributed by atoms with E-state index in [1.807, 2.05) is 6.07 Å². The molecule has 2 aromatic rings. The Kier molecular flexibility index (Phi) is 3.87. The van der Waals surface area contributed by atoms with Crippen LogP contribution in [-0.4, -0.2) is 36.1 Å². The Labute approximate surface area is 132 Å². The molecule has 0 aromatic carbocycles. The van der Waals surface area contributed by atoms with Gasteiger partial charge in [-0.05, 0) is 49.3 Å². The summed E-state index contributed by atoms with van der Waals surface area (Å²) in [5.41, 5.74) is 0.625. The molecule has 1 saturated carbocycles. The van der Waals surface area contributed by atoms with Crippen molar-refractivity contribution in [3.63, 3.8) is 0 Å². The van der Waals surface area contributed by atoms with Crippen molar-refractivity contribution in [2.24, 2.45) is 0 Å². The zero-order valence-electron chi connectivity index (χ0n) is 12.1. The number of hydrogen-bond acceptors (Lipinski definition) is 5. The molecule has 2 heterocycles. The van der Waals surface area contributed by atoms with Gasteiger partial charge in [-0.2, -0.15) is 5.26 Å². The largest absolute Gasteiger partial charge is 0.444 e. The van der Waals surface area contributed by atoms with Gasteiger partial charge in [-0.3, -0.25) is 0 Å². The molecular weight excluding hydrogens is 332 g/mol. The van der Waals surface area contributed by atoms with Gasteiger partial charge in [0.15, 0.2) is 5.58 Å². The van der Waals surface area contributed by atoms with Crippen LogP contribution in [0.1, 0.15) is 25.0 Å². The van der Waals surface area contributed by atoms with Crippen LogP contribution in [-0.2, 0) is 0 Å². The lowest BCUT2D eigenvalue weighted by Gasteiger charge is -2.27. The van der Waals surface area contributed by atoms with Gasteiger partial charge in [-0.15, -0.1) is 0 Å². The maximum absolute atomic E-state index is 8.92. The van der Waals surface area contributed by atoms with Gasteiger partial charge < -0.3 is 14.6 Å². The minimum Gasteiger partial charge on any atom is -0.444 e. The molecule has 1 fully saturated rings. The molecule has 0 spiro atoms. The van der Waals surface area contributed by atoms with Gasteiger partial charge in [0.25, 0.3) is 0 Å². The molecule has 1 N–H and O–H groups in total. The fraction of sp³-hybridized carbons (Fsp3) is 0.467. The SMILES string of the molecule is CN(C)[C@@H]1CCC[C@H]1Nc1ncc2oc(C#N)cc2c1Br. The normalized spacial score (nSPS) is 21.9. The first-order valence-electron chi connectivity index (χ1n) is 7.01. The zero-order chi connectivity index (χ0) is 15.0. The third-order valence-electron chi connectivity index (χ3n) is 4.09. The molecule has 1 aliphatic rings. The van der Waals surface area contributed by atoms with Gasteiger partial charge in [-0.25, -0.2) is 4.98 Å². The van der Waals surface area contributed by atoms with Crippen molar-refractivity contribution in [3.05, 3.63) is 22.5 Å². The van der Waals surface area contributed by atoms with Crippen LogP contribution >= 0.6 is 15.9 Å². The minimum absolute atomic E-state index is 0.302. The van der Waals surface area contributed by atoms with E-state index < -0.39 is 0 Å². The summed E-state index contributed by atoms with van der Waals surface area (Å²) in [7, 11) is 4.23. The molecule has 0 amide bonds. The number of rotatable bonds is 3. The average Bonchev–Trinajstić information content (AvgIpc) is 3.08. The lowest BCUT2D eigenvalue weighted by molar-refractivity contribution is 0.285. The van der Waals surface area contributed by atoms with Crippen molar-refractivity contribution < 1.29 is 4.42 Å². The molecule has 110 valence electrons. The minimum atomic E-state index is 0.302. The first kappa shape index (κ1) is 14.4. The second kappa shape index (κ2) is 5.66. The van der Waals surface area contributed by atoms with Gasteiger partial charge >= 0.3 is 0 Å². The smallest absolute Gasteiger partial charge is 0.204 e. The monoisotopic (exact) mass is 348 g/mol. The van der Waals surface area contributed by atoms with Gasteiger partial charge in [0.05, 0.1) is 10.7 Å². The number of pyridine rings is 1. The zero-order valence-corrected chi connectivity index (χ0v) is 13.6. The molecule has 0 saturated heterocycles. The fourth-order valence-electron chi connectivity index (χ4n) is 3.04. The van der Waals surface area contributed by atoms with Crippen LogP contribution in [0, 0.1) is 11.3 Å². The summed E-state index contributed by atoms with van der Waals surface area (Å²) in [5, 5.41) is 13.3. The maximum Gasteiger partial charge on any atom is 0.204 e. The van der Waals surface area contributed by atoms with E-state index in [0.29, 0.717) is 23.4 Å². The number of fused-ring (bicyclic) bond motifs is 1. The van der Waals surface area contributed by atoms with E-state index in [1.165, 1.54) is 12.8 Å². The highest BCUT2D eigenvalue weighted by molar-refractivity contribution is 9.10. The summed E-state index contributed by atoms with van der Waals surface area (Å²) < 4.78 is 6.25. The van der Waals surface area contributed by atoms with Crippen molar-refractivity contribution >= 4 is 32.7 Å². The van der Waals surface area contributed by atoms with Gasteiger partial charge in [-0.1, -0.05) is 0 Å². The lowest BCUT2D eigenvalue weighted by Crippen LogP contribution is -2.39. The first-order valence-corrected chi connectivity index (χ1v) is 7.80. The van der Waals surface area contributed by atoms with Crippen LogP contribution < -0.4 is 5.32 Å². The van der Waals surface area contributed by atoms with Crippen molar-refractivity contribution in [1.29, 1.82) is 5.26 Å². The van der Waals surface area contributed by atoms with Gasteiger partial charge in [0.1, 0.15) is 11.9 Å². The second-order valence-corrected chi connectivity index (χ2v) is 6.43. The molecule has 21 heavy (non-hydrogen) atoms. The summed E-state index contributed by atoms with van der Waals surface area (Å²) in [4.78, 5) is 6.70. The Hall–Kier alpha value is -1.58. The van der Waals surface area contributed by atoms with E-state index in [1.54, 1.807) is 12.3 Å². The van der Waals surface area contributed by atoms with Gasteiger partial charge in [0, 0.05) is 23.5 Å². The summed E-state index contributed by atoms with van der Waals surface area (Å²) in [6.45, 7) is 0. The molecular formula is C15H17BrN4O. The molecule has 6 heteroatoms. The number of aromatic nitrogens is 1. The van der Waals surface area contributed by atoms with E-state index in [4.69, 9.17) is 9.68 Å². The summed E-state index contributed by atoms with van der Waals surface area (Å²) in [6, 6.07) is 4.67. The Morgan fingerprint density at radius 3 is 3.00 bits per heavy atom. The van der Waals surface area contributed by atoms with E-state index in [0.717, 1.165) is 22.1 Å². The third kappa shape index (κ3) is 2.63. The Balaban J connectivity index is 1.91. The molecule has 0 bridgehead atoms. The van der Waals surface area contributed by atoms with Crippen molar-refractivity contribution in [1.82, 2.24) is 9.88 Å². The predicted molar refractivity (Wildman–Crippen MR) is 85.2 cm³/mol. The summed E-state index contributed by atoms with van der Waals surface area (Å²) in [5.74, 6) is 1.11. The standard InChI is InChI=1S/C15H17BrN4O/c1-20(2)12-5-3-4-11(12)19-15-14(16)10-6-9(7-17)21-13(10)8-18-15/h6,8,11-12H,3-5H2,1-2H3,(H,18,19)/t11-,12-/m1/s1. The molecule has 0 unspecified atom stereocenters. The number of hydrogen-bond donors (Lipinski definition) is 1. The van der Waals surface area contributed by atoms with Gasteiger partial charge in [0.2, 0.25) is 5.76 Å². The van der Waals surface area contributed by atoms with Crippen LogP contribution in [0.5, 0.6) is 0 Å². The van der Waals surface area contributed by atoms with E-state index in [2.05, 4.69) is 45.2 Å². The third-order valence-corrected chi connectivity index (χ3v) is 4.89. The Bertz CT molecular complexity index is 703. The highest BCUT2D eigenvalue weighted by Gasteiger charge is 2.29. The summed E-state index contributed by atoms with van der Waals surface area (Å²) >= 11 is 3.58. The van der Waals surface area contributed by atoms with Crippen LogP contribution in [0.3, 0.4) is 0 Å². The van der Waals surface area contributed by atoms with E-state index in [9.17, 15) is 0 Å². The molecule has 5 nitrogen and oxygen atoms in total. The summed E-state index contributed by atoms with van der Waals surface area (Å²) in [6.07, 6.45) is 5.24. The number of likely N-dealkylation sites (N-methyl/N-ethyl adjacent to an activating group) is 1. The average molecular weight is 349 g/mol. The number of furan rings is 1. The van der Waals surface area contributed by atoms with E-state index in [-0.39, 0.29) is 0 Å². The molecule has 2 atom stereocenters. The number of nitrogens with one attached hydrogen (secondary N) is 1. The molecule has 3 rings (SSSR count). The fourth-order valence-corrected chi connectivity index (χ4v) is 3.56. The topological polar surface area (TPSA) is 65.1 Å². The van der Waals surface area contributed by atoms with Crippen LogP contribution in [0.15, 0.2) is 21.2 Å². The number of nitrogens with zero attached hydrogens (tertiary/aromatic N) is 3. The molecule has 0 radical (unpaired) electrons. The van der Waals surface area contributed by atoms with Crippen molar-refractivity contribution in [2.45, 2.75) is 31.3 Å². The predicted octanol–water partition coefficient (Wildman–Crippen LogP) is 3.36. The number of anilines is 1. The quantitative estimate of drug-likeness (QED) is 0.921. The highest BCUT2D eigenvalue weighted by atomic mass is 79.9. The Morgan fingerprint density at radius 2 is 2.29 bits per heavy atom. The van der Waals surface area contributed by atoms with Crippen LogP contribution in [0.2, 0.25) is 0 Å². The van der Waals surface area contributed by atoms with Crippen molar-refractivity contribution in [3.8, 4) is 6.07 Å². The molecule has 2 aromatic heterocycles. The molecule has 1 aliphatic carbocycles. The van der Waals surface area contributed by atoms with Crippen molar-refractivity contribution in [2.75, 3.05) is 19.4 Å². The number of halogens is 1. The first-order chi connectivity index (χ1) is 10.1.